The number of hydrogen-bond donors (Lipinski definition) is 0. The first kappa shape index (κ1) is 17.8. The second kappa shape index (κ2) is 8.42. The van der Waals surface area contributed by atoms with Crippen molar-refractivity contribution in [2.75, 3.05) is 32.8 Å². The predicted molar refractivity (Wildman–Crippen MR) is 91.0 cm³/mol. The summed E-state index contributed by atoms with van der Waals surface area (Å²) in [5, 5.41) is 8.12. The number of rotatable bonds is 5. The Bertz CT molecular complexity index is 597. The van der Waals surface area contributed by atoms with E-state index < -0.39 is 0 Å². The fourth-order valence-electron chi connectivity index (χ4n) is 3.55. The molecule has 25 heavy (non-hydrogen) atoms. The van der Waals surface area contributed by atoms with Crippen LogP contribution in [0.1, 0.15) is 49.5 Å². The number of carbonyl (C=O) groups excluding carboxylic acids is 2. The van der Waals surface area contributed by atoms with E-state index in [4.69, 9.17) is 4.74 Å². The first-order chi connectivity index (χ1) is 12.2. The second-order valence-corrected chi connectivity index (χ2v) is 6.65. The van der Waals surface area contributed by atoms with E-state index in [1.54, 1.807) is 15.8 Å². The van der Waals surface area contributed by atoms with Crippen molar-refractivity contribution < 1.29 is 14.3 Å². The quantitative estimate of drug-likeness (QED) is 0.790. The van der Waals surface area contributed by atoms with Gasteiger partial charge in [-0.1, -0.05) is 12.1 Å². The molecule has 8 nitrogen and oxygen atoms in total. The lowest BCUT2D eigenvalue weighted by atomic mass is 9.99. The summed E-state index contributed by atoms with van der Waals surface area (Å²) in [6.07, 6.45) is 6.41. The normalized spacial score (nSPS) is 21.4. The number of piperidine rings is 1. The lowest BCUT2D eigenvalue weighted by molar-refractivity contribution is -0.134. The molecule has 1 unspecified atom stereocenters. The van der Waals surface area contributed by atoms with Crippen LogP contribution in [0, 0.1) is 0 Å². The molecule has 138 valence electrons. The van der Waals surface area contributed by atoms with Gasteiger partial charge < -0.3 is 14.5 Å². The van der Waals surface area contributed by atoms with Crippen molar-refractivity contribution in [1.29, 1.82) is 0 Å². The van der Waals surface area contributed by atoms with Crippen LogP contribution in [0.2, 0.25) is 0 Å². The molecule has 0 aliphatic carbocycles. The van der Waals surface area contributed by atoms with Crippen LogP contribution in [-0.2, 0) is 16.1 Å². The summed E-state index contributed by atoms with van der Waals surface area (Å²) in [5.74, 6) is 0.140. The smallest absolute Gasteiger partial charge is 0.276 e. The molecular formula is C17H27N5O3. The molecule has 0 radical (unpaired) electrons. The Hall–Kier alpha value is -1.96. The maximum absolute atomic E-state index is 12.4. The molecule has 0 saturated carbocycles. The summed E-state index contributed by atoms with van der Waals surface area (Å²) in [6.45, 7) is 5.78. The summed E-state index contributed by atoms with van der Waals surface area (Å²) in [4.78, 5) is 28.3. The average Bonchev–Trinajstić information content (AvgIpc) is 3.15. The third-order valence-corrected chi connectivity index (χ3v) is 5.00. The molecule has 2 saturated heterocycles. The minimum Gasteiger partial charge on any atom is -0.378 e. The minimum atomic E-state index is -0.0880. The van der Waals surface area contributed by atoms with Crippen LogP contribution >= 0.6 is 0 Å². The molecule has 2 fully saturated rings. The van der Waals surface area contributed by atoms with Gasteiger partial charge in [0, 0.05) is 38.6 Å². The van der Waals surface area contributed by atoms with Gasteiger partial charge in [-0.05, 0) is 25.7 Å². The van der Waals surface area contributed by atoms with Gasteiger partial charge in [0.2, 0.25) is 5.91 Å². The van der Waals surface area contributed by atoms with E-state index in [2.05, 4.69) is 10.3 Å². The van der Waals surface area contributed by atoms with Crippen LogP contribution in [0.4, 0.5) is 0 Å². The third kappa shape index (κ3) is 4.36. The number of amides is 2. The van der Waals surface area contributed by atoms with Gasteiger partial charge in [-0.25, -0.2) is 0 Å². The number of nitrogens with zero attached hydrogens (tertiary/aromatic N) is 5. The Morgan fingerprint density at radius 3 is 2.80 bits per heavy atom. The SMILES string of the molecule is CCC(=O)N1CCCCC1CCn1cc(C(=O)N2CCOCC2)nn1. The fourth-order valence-corrected chi connectivity index (χ4v) is 3.55. The van der Waals surface area contributed by atoms with Crippen LogP contribution in [0.5, 0.6) is 0 Å². The standard InChI is InChI=1S/C17H27N5O3/c1-2-16(23)22-7-4-3-5-14(22)6-8-21-13-15(18-19-21)17(24)20-9-11-25-12-10-20/h13-14H,2-12H2,1H3. The Balaban J connectivity index is 1.55. The fraction of sp³-hybridized carbons (Fsp3) is 0.765. The predicted octanol–water partition coefficient (Wildman–Crippen LogP) is 0.932. The van der Waals surface area contributed by atoms with Gasteiger partial charge in [0.1, 0.15) is 0 Å². The molecule has 2 aliphatic rings. The van der Waals surface area contributed by atoms with Gasteiger partial charge in [-0.3, -0.25) is 14.3 Å². The van der Waals surface area contributed by atoms with Crippen LogP contribution in [-0.4, -0.2) is 75.5 Å². The summed E-state index contributed by atoms with van der Waals surface area (Å²) >= 11 is 0. The largest absolute Gasteiger partial charge is 0.378 e. The van der Waals surface area contributed by atoms with E-state index in [1.807, 2.05) is 11.8 Å². The minimum absolute atomic E-state index is 0.0880. The van der Waals surface area contributed by atoms with Gasteiger partial charge in [0.05, 0.1) is 19.4 Å². The van der Waals surface area contributed by atoms with Gasteiger partial charge in [0.25, 0.3) is 5.91 Å². The maximum Gasteiger partial charge on any atom is 0.276 e. The van der Waals surface area contributed by atoms with Gasteiger partial charge in [-0.15, -0.1) is 5.10 Å². The monoisotopic (exact) mass is 349 g/mol. The van der Waals surface area contributed by atoms with E-state index in [1.165, 1.54) is 0 Å². The van der Waals surface area contributed by atoms with Crippen molar-refractivity contribution >= 4 is 11.8 Å². The van der Waals surface area contributed by atoms with Crippen molar-refractivity contribution in [3.63, 3.8) is 0 Å². The summed E-state index contributed by atoms with van der Waals surface area (Å²) in [5.41, 5.74) is 0.382. The highest BCUT2D eigenvalue weighted by Gasteiger charge is 2.26. The van der Waals surface area contributed by atoms with Crippen molar-refractivity contribution in [3.8, 4) is 0 Å². The molecule has 0 aromatic carbocycles. The highest BCUT2D eigenvalue weighted by Crippen LogP contribution is 2.21. The van der Waals surface area contributed by atoms with Gasteiger partial charge >= 0.3 is 0 Å². The van der Waals surface area contributed by atoms with Crippen LogP contribution < -0.4 is 0 Å². The van der Waals surface area contributed by atoms with Crippen LogP contribution in [0.15, 0.2) is 6.20 Å². The van der Waals surface area contributed by atoms with Crippen molar-refractivity contribution in [1.82, 2.24) is 24.8 Å². The molecule has 0 bridgehead atoms. The van der Waals surface area contributed by atoms with E-state index in [0.717, 1.165) is 32.2 Å². The molecule has 1 aromatic rings. The van der Waals surface area contributed by atoms with Crippen LogP contribution in [0.25, 0.3) is 0 Å². The van der Waals surface area contributed by atoms with Crippen molar-refractivity contribution in [3.05, 3.63) is 11.9 Å². The lowest BCUT2D eigenvalue weighted by Crippen LogP contribution is -2.43. The third-order valence-electron chi connectivity index (χ3n) is 5.00. The Labute approximate surface area is 148 Å². The molecule has 8 heteroatoms. The molecule has 1 atom stereocenters. The second-order valence-electron chi connectivity index (χ2n) is 6.65. The molecule has 2 aliphatic heterocycles. The summed E-state index contributed by atoms with van der Waals surface area (Å²) < 4.78 is 6.99. The molecule has 1 aromatic heterocycles. The number of aromatic nitrogens is 3. The zero-order valence-corrected chi connectivity index (χ0v) is 14.9. The number of morpholine rings is 1. The number of carbonyl (C=O) groups is 2. The number of ether oxygens (including phenoxy) is 1. The van der Waals surface area contributed by atoms with Gasteiger partial charge in [-0.2, -0.15) is 0 Å². The van der Waals surface area contributed by atoms with Crippen molar-refractivity contribution in [2.45, 2.75) is 51.6 Å². The summed E-state index contributed by atoms with van der Waals surface area (Å²) in [6, 6.07) is 0.267. The molecule has 0 spiro atoms. The van der Waals surface area contributed by atoms with E-state index in [-0.39, 0.29) is 17.9 Å². The van der Waals surface area contributed by atoms with Crippen molar-refractivity contribution in [2.24, 2.45) is 0 Å². The topological polar surface area (TPSA) is 80.6 Å². The zero-order chi connectivity index (χ0) is 17.6. The molecular weight excluding hydrogens is 322 g/mol. The molecule has 3 rings (SSSR count). The molecule has 0 N–H and O–H groups in total. The molecule has 3 heterocycles. The highest BCUT2D eigenvalue weighted by molar-refractivity contribution is 5.92. The Morgan fingerprint density at radius 1 is 1.24 bits per heavy atom. The lowest BCUT2D eigenvalue weighted by Gasteiger charge is -2.35. The number of likely N-dealkylation sites (tertiary alicyclic amines) is 1. The number of hydrogen-bond acceptors (Lipinski definition) is 5. The Kier molecular flexibility index (Phi) is 6.01. The highest BCUT2D eigenvalue weighted by atomic mass is 16.5. The zero-order valence-electron chi connectivity index (χ0n) is 14.9. The van der Waals surface area contributed by atoms with E-state index in [0.29, 0.717) is 45.0 Å². The first-order valence-electron chi connectivity index (χ1n) is 9.25. The van der Waals surface area contributed by atoms with E-state index in [9.17, 15) is 9.59 Å². The van der Waals surface area contributed by atoms with E-state index >= 15 is 0 Å². The van der Waals surface area contributed by atoms with Crippen LogP contribution in [0.3, 0.4) is 0 Å². The number of aryl methyl sites for hydroxylation is 1. The first-order valence-corrected chi connectivity index (χ1v) is 9.25. The summed E-state index contributed by atoms with van der Waals surface area (Å²) in [7, 11) is 0. The maximum atomic E-state index is 12.4. The Morgan fingerprint density at radius 2 is 2.04 bits per heavy atom. The average molecular weight is 349 g/mol. The van der Waals surface area contributed by atoms with Gasteiger partial charge in [0.15, 0.2) is 5.69 Å². The molecule has 2 amide bonds.